The maximum absolute atomic E-state index is 11.9. The van der Waals surface area contributed by atoms with Crippen molar-refractivity contribution >= 4 is 17.3 Å². The predicted octanol–water partition coefficient (Wildman–Crippen LogP) is 0.989. The number of hydrogen-bond donors (Lipinski definition) is 0. The minimum absolute atomic E-state index is 0.100. The molecule has 0 radical (unpaired) electrons. The van der Waals surface area contributed by atoms with Gasteiger partial charge in [0, 0.05) is 26.3 Å². The van der Waals surface area contributed by atoms with Crippen LogP contribution in [0, 0.1) is 11.3 Å². The number of piperidine rings is 1. The Kier molecular flexibility index (Phi) is 4.99. The molecule has 0 aromatic carbocycles. The van der Waals surface area contributed by atoms with Crippen molar-refractivity contribution in [2.45, 2.75) is 30.9 Å². The van der Waals surface area contributed by atoms with E-state index in [1.807, 2.05) is 6.07 Å². The average molecular weight is 297 g/mol. The summed E-state index contributed by atoms with van der Waals surface area (Å²) in [5.74, 6) is 0. The number of aromatic nitrogens is 2. The van der Waals surface area contributed by atoms with Crippen molar-refractivity contribution in [1.82, 2.24) is 9.78 Å². The summed E-state index contributed by atoms with van der Waals surface area (Å²) in [4.78, 5) is 14.1. The number of anilines is 1. The summed E-state index contributed by atoms with van der Waals surface area (Å²) in [7, 11) is 1.72. The number of nitriles is 1. The third-order valence-corrected chi connectivity index (χ3v) is 3.70. The fraction of sp³-hybridized carbons (Fsp3) is 0.615. The summed E-state index contributed by atoms with van der Waals surface area (Å²) in [6.07, 6.45) is 3.83. The lowest BCUT2D eigenvalue weighted by Crippen LogP contribution is -2.38. The summed E-state index contributed by atoms with van der Waals surface area (Å²) < 4.78 is 6.54. The van der Waals surface area contributed by atoms with E-state index in [1.54, 1.807) is 19.4 Å². The minimum Gasteiger partial charge on any atom is -0.381 e. The van der Waals surface area contributed by atoms with E-state index in [9.17, 15) is 4.79 Å². The Morgan fingerprint density at radius 3 is 2.85 bits per heavy atom. The van der Waals surface area contributed by atoms with Crippen molar-refractivity contribution in [3.8, 4) is 6.07 Å². The monoisotopic (exact) mass is 296 g/mol. The summed E-state index contributed by atoms with van der Waals surface area (Å²) in [6.45, 7) is 1.79. The van der Waals surface area contributed by atoms with Crippen molar-refractivity contribution < 1.29 is 4.74 Å². The van der Waals surface area contributed by atoms with Gasteiger partial charge in [0.05, 0.1) is 30.6 Å². The van der Waals surface area contributed by atoms with Crippen molar-refractivity contribution in [2.24, 2.45) is 0 Å². The normalized spacial score (nSPS) is 17.8. The van der Waals surface area contributed by atoms with Gasteiger partial charge >= 0.3 is 0 Å². The van der Waals surface area contributed by atoms with Gasteiger partial charge in [0.1, 0.15) is 5.38 Å². The molecule has 2 heterocycles. The highest BCUT2D eigenvalue weighted by Crippen LogP contribution is 2.18. The molecular formula is C13H17ClN4O2. The zero-order valence-corrected chi connectivity index (χ0v) is 12.1. The fourth-order valence-electron chi connectivity index (χ4n) is 2.28. The molecule has 1 aromatic heterocycles. The predicted molar refractivity (Wildman–Crippen MR) is 76.0 cm³/mol. The molecule has 1 fully saturated rings. The number of halogens is 1. The molecule has 1 unspecified atom stereocenters. The molecule has 0 amide bonds. The van der Waals surface area contributed by atoms with Crippen LogP contribution in [0.1, 0.15) is 12.8 Å². The van der Waals surface area contributed by atoms with Crippen LogP contribution in [0.15, 0.2) is 17.1 Å². The van der Waals surface area contributed by atoms with Gasteiger partial charge < -0.3 is 9.64 Å². The first-order valence-corrected chi connectivity index (χ1v) is 6.96. The molecule has 1 aromatic rings. The van der Waals surface area contributed by atoms with Gasteiger partial charge in [-0.15, -0.1) is 11.6 Å². The van der Waals surface area contributed by atoms with Gasteiger partial charge in [-0.3, -0.25) is 4.79 Å². The summed E-state index contributed by atoms with van der Waals surface area (Å²) in [6, 6.07) is 3.41. The van der Waals surface area contributed by atoms with Gasteiger partial charge in [-0.25, -0.2) is 4.68 Å². The first-order chi connectivity index (χ1) is 9.63. The molecule has 1 aliphatic rings. The second-order valence-electron chi connectivity index (χ2n) is 4.75. The van der Waals surface area contributed by atoms with Gasteiger partial charge in [-0.05, 0) is 12.8 Å². The summed E-state index contributed by atoms with van der Waals surface area (Å²) in [5.41, 5.74) is 0.571. The quantitative estimate of drug-likeness (QED) is 0.775. The lowest BCUT2D eigenvalue weighted by molar-refractivity contribution is 0.0819. The van der Waals surface area contributed by atoms with E-state index in [0.29, 0.717) is 6.10 Å². The van der Waals surface area contributed by atoms with Gasteiger partial charge in [0.15, 0.2) is 0 Å². The maximum atomic E-state index is 11.9. The molecule has 0 spiro atoms. The fourth-order valence-corrected chi connectivity index (χ4v) is 2.41. The van der Waals surface area contributed by atoms with E-state index < -0.39 is 5.38 Å². The van der Waals surface area contributed by atoms with E-state index in [0.717, 1.165) is 31.6 Å². The first-order valence-electron chi connectivity index (χ1n) is 6.52. The zero-order chi connectivity index (χ0) is 14.5. The molecular weight excluding hydrogens is 280 g/mol. The van der Waals surface area contributed by atoms with Gasteiger partial charge in [-0.1, -0.05) is 0 Å². The third-order valence-electron chi connectivity index (χ3n) is 3.47. The van der Waals surface area contributed by atoms with Crippen LogP contribution < -0.4 is 10.5 Å². The van der Waals surface area contributed by atoms with E-state index in [2.05, 4.69) is 10.00 Å². The van der Waals surface area contributed by atoms with Crippen molar-refractivity contribution in [3.63, 3.8) is 0 Å². The second-order valence-corrected chi connectivity index (χ2v) is 5.28. The van der Waals surface area contributed by atoms with Gasteiger partial charge in [0.2, 0.25) is 0 Å². The molecule has 1 aliphatic heterocycles. The SMILES string of the molecule is COC1CCN(c2cnn(CC(Cl)C#N)c(=O)c2)CC1. The van der Waals surface area contributed by atoms with Crippen LogP contribution in [0.5, 0.6) is 0 Å². The van der Waals surface area contributed by atoms with Crippen LogP contribution in [0.4, 0.5) is 5.69 Å². The van der Waals surface area contributed by atoms with E-state index >= 15 is 0 Å². The van der Waals surface area contributed by atoms with Gasteiger partial charge in [0.25, 0.3) is 5.56 Å². The number of hydrogen-bond acceptors (Lipinski definition) is 5. The Labute approximate surface area is 122 Å². The standard InChI is InChI=1S/C13H17ClN4O2/c1-20-12-2-4-17(5-3-12)11-6-13(19)18(16-8-11)9-10(14)7-15/h6,8,10,12H,2-5,9H2,1H3. The lowest BCUT2D eigenvalue weighted by Gasteiger charge is -2.32. The second kappa shape index (κ2) is 6.73. The Morgan fingerprint density at radius 2 is 2.30 bits per heavy atom. The first kappa shape index (κ1) is 14.8. The molecule has 7 heteroatoms. The van der Waals surface area contributed by atoms with Crippen LogP contribution in [0.2, 0.25) is 0 Å². The minimum atomic E-state index is -0.747. The number of ether oxygens (including phenoxy) is 1. The van der Waals surface area contributed by atoms with Crippen LogP contribution in [-0.2, 0) is 11.3 Å². The smallest absolute Gasteiger partial charge is 0.268 e. The van der Waals surface area contributed by atoms with Crippen LogP contribution in [0.3, 0.4) is 0 Å². The van der Waals surface area contributed by atoms with Crippen molar-refractivity contribution in [3.05, 3.63) is 22.6 Å². The van der Waals surface area contributed by atoms with Crippen LogP contribution >= 0.6 is 11.6 Å². The topological polar surface area (TPSA) is 71.2 Å². The Bertz CT molecular complexity index is 546. The molecule has 6 nitrogen and oxygen atoms in total. The van der Waals surface area contributed by atoms with Crippen LogP contribution in [0.25, 0.3) is 0 Å². The highest BCUT2D eigenvalue weighted by Gasteiger charge is 2.19. The Balaban J connectivity index is 2.06. The Hall–Kier alpha value is -1.58. The molecule has 1 atom stereocenters. The van der Waals surface area contributed by atoms with E-state index in [4.69, 9.17) is 21.6 Å². The number of methoxy groups -OCH3 is 1. The third kappa shape index (κ3) is 3.50. The molecule has 2 rings (SSSR count). The van der Waals surface area contributed by atoms with E-state index in [1.165, 1.54) is 4.68 Å². The lowest BCUT2D eigenvalue weighted by atomic mass is 10.1. The number of alkyl halides is 1. The molecule has 0 N–H and O–H groups in total. The molecule has 0 saturated carbocycles. The molecule has 1 saturated heterocycles. The van der Waals surface area contributed by atoms with Gasteiger partial charge in [-0.2, -0.15) is 10.4 Å². The maximum Gasteiger partial charge on any atom is 0.268 e. The number of nitrogens with zero attached hydrogens (tertiary/aromatic N) is 4. The number of rotatable bonds is 4. The molecule has 108 valence electrons. The average Bonchev–Trinajstić information content (AvgIpc) is 2.49. The summed E-state index contributed by atoms with van der Waals surface area (Å²) in [5, 5.41) is 12.0. The summed E-state index contributed by atoms with van der Waals surface area (Å²) >= 11 is 5.71. The zero-order valence-electron chi connectivity index (χ0n) is 11.3. The van der Waals surface area contributed by atoms with E-state index in [-0.39, 0.29) is 12.1 Å². The Morgan fingerprint density at radius 1 is 1.60 bits per heavy atom. The highest BCUT2D eigenvalue weighted by molar-refractivity contribution is 6.22. The highest BCUT2D eigenvalue weighted by atomic mass is 35.5. The van der Waals surface area contributed by atoms with Crippen molar-refractivity contribution in [1.29, 1.82) is 5.26 Å². The molecule has 20 heavy (non-hydrogen) atoms. The molecule has 0 bridgehead atoms. The van der Waals surface area contributed by atoms with Crippen molar-refractivity contribution in [2.75, 3.05) is 25.1 Å². The van der Waals surface area contributed by atoms with Crippen LogP contribution in [-0.4, -0.2) is 41.5 Å². The molecule has 0 aliphatic carbocycles. The largest absolute Gasteiger partial charge is 0.381 e.